The third-order valence-corrected chi connectivity index (χ3v) is 3.83. The van der Waals surface area contributed by atoms with Gasteiger partial charge in [0, 0.05) is 22.2 Å². The second-order valence-electron chi connectivity index (χ2n) is 6.90. The Bertz CT molecular complexity index is 773. The minimum atomic E-state index is -0.525. The zero-order valence-corrected chi connectivity index (χ0v) is 16.5. The van der Waals surface area contributed by atoms with Crippen LogP contribution in [0, 0.1) is 5.41 Å². The molecule has 1 amide bonds. The monoisotopic (exact) mass is 389 g/mol. The van der Waals surface area contributed by atoms with Crippen molar-refractivity contribution in [2.75, 3.05) is 12.4 Å². The Labute approximate surface area is 164 Å². The van der Waals surface area contributed by atoms with Crippen LogP contribution in [0.5, 0.6) is 0 Å². The topological polar surface area (TPSA) is 87.6 Å². The molecule has 1 atom stereocenters. The van der Waals surface area contributed by atoms with Gasteiger partial charge in [0.2, 0.25) is 5.96 Å². The lowest BCUT2D eigenvalue weighted by molar-refractivity contribution is 0.0904. The highest BCUT2D eigenvalue weighted by Crippen LogP contribution is 2.21. The number of pyridine rings is 1. The summed E-state index contributed by atoms with van der Waals surface area (Å²) in [6, 6.07) is 10.3. The SMILES string of the molecule is CON/C(=N/C(NC(=O)c1ccc(Cl)cc1)C(C)(C)C)Nc1cccnc1. The van der Waals surface area contributed by atoms with E-state index in [1.54, 1.807) is 42.7 Å². The Kier molecular flexibility index (Phi) is 7.15. The maximum atomic E-state index is 12.6. The minimum Gasteiger partial charge on any atom is -0.330 e. The van der Waals surface area contributed by atoms with Gasteiger partial charge in [0.1, 0.15) is 6.17 Å². The van der Waals surface area contributed by atoms with Crippen LogP contribution in [0.4, 0.5) is 5.69 Å². The van der Waals surface area contributed by atoms with E-state index >= 15 is 0 Å². The number of halogens is 1. The minimum absolute atomic E-state index is 0.242. The average molecular weight is 390 g/mol. The van der Waals surface area contributed by atoms with Crippen molar-refractivity contribution in [3.63, 3.8) is 0 Å². The molecule has 1 unspecified atom stereocenters. The van der Waals surface area contributed by atoms with Gasteiger partial charge >= 0.3 is 0 Å². The molecule has 0 aliphatic rings. The molecular formula is C19H24ClN5O2. The van der Waals surface area contributed by atoms with E-state index in [2.05, 4.69) is 26.1 Å². The van der Waals surface area contributed by atoms with Crippen LogP contribution >= 0.6 is 11.6 Å². The first-order valence-electron chi connectivity index (χ1n) is 8.40. The highest BCUT2D eigenvalue weighted by Gasteiger charge is 2.27. The van der Waals surface area contributed by atoms with Crippen molar-refractivity contribution in [3.05, 3.63) is 59.4 Å². The summed E-state index contributed by atoms with van der Waals surface area (Å²) in [6.07, 6.45) is 2.81. The van der Waals surface area contributed by atoms with Crippen LogP contribution in [0.3, 0.4) is 0 Å². The zero-order chi connectivity index (χ0) is 19.9. The summed E-state index contributed by atoms with van der Waals surface area (Å²) in [5.74, 6) is 0.107. The van der Waals surface area contributed by atoms with Gasteiger partial charge < -0.3 is 10.6 Å². The molecule has 0 aliphatic heterocycles. The second kappa shape index (κ2) is 9.34. The van der Waals surface area contributed by atoms with Gasteiger partial charge in [-0.2, -0.15) is 0 Å². The van der Waals surface area contributed by atoms with E-state index < -0.39 is 6.17 Å². The fourth-order valence-corrected chi connectivity index (χ4v) is 2.26. The zero-order valence-electron chi connectivity index (χ0n) is 15.8. The first kappa shape index (κ1) is 20.7. The van der Waals surface area contributed by atoms with E-state index in [-0.39, 0.29) is 11.3 Å². The van der Waals surface area contributed by atoms with Crippen LogP contribution in [0.2, 0.25) is 5.02 Å². The third-order valence-electron chi connectivity index (χ3n) is 3.58. The maximum absolute atomic E-state index is 12.6. The highest BCUT2D eigenvalue weighted by molar-refractivity contribution is 6.30. The highest BCUT2D eigenvalue weighted by atomic mass is 35.5. The molecule has 0 fully saturated rings. The van der Waals surface area contributed by atoms with Crippen molar-refractivity contribution < 1.29 is 9.63 Å². The number of anilines is 1. The summed E-state index contributed by atoms with van der Waals surface area (Å²) in [4.78, 5) is 26.3. The Morgan fingerprint density at radius 2 is 1.93 bits per heavy atom. The molecule has 7 nitrogen and oxygen atoms in total. The number of hydrogen-bond donors (Lipinski definition) is 3. The Balaban J connectivity index is 2.23. The molecule has 27 heavy (non-hydrogen) atoms. The number of amides is 1. The number of carbonyl (C=O) groups is 1. The van der Waals surface area contributed by atoms with E-state index in [9.17, 15) is 4.79 Å². The number of hydroxylamine groups is 1. The standard InChI is InChI=1S/C19H24ClN5O2/c1-19(2,3)17(23-16(26)13-7-9-14(20)10-8-13)24-18(25-27-4)22-15-6-5-11-21-12-15/h5-12,17H,1-4H3,(H,23,26)(H2,22,24,25). The van der Waals surface area contributed by atoms with Gasteiger partial charge in [0.25, 0.3) is 5.91 Å². The average Bonchev–Trinajstić information content (AvgIpc) is 2.62. The van der Waals surface area contributed by atoms with Crippen molar-refractivity contribution in [1.82, 2.24) is 15.8 Å². The predicted molar refractivity (Wildman–Crippen MR) is 108 cm³/mol. The van der Waals surface area contributed by atoms with Crippen molar-refractivity contribution in [2.45, 2.75) is 26.9 Å². The molecule has 0 saturated carbocycles. The van der Waals surface area contributed by atoms with Crippen molar-refractivity contribution in [3.8, 4) is 0 Å². The number of nitrogens with zero attached hydrogens (tertiary/aromatic N) is 2. The lowest BCUT2D eigenvalue weighted by atomic mass is 9.92. The molecule has 0 radical (unpaired) electrons. The number of nitrogens with one attached hydrogen (secondary N) is 3. The van der Waals surface area contributed by atoms with Crippen LogP contribution in [0.1, 0.15) is 31.1 Å². The summed E-state index contributed by atoms with van der Waals surface area (Å²) in [5.41, 5.74) is 3.59. The van der Waals surface area contributed by atoms with E-state index in [0.717, 1.165) is 5.69 Å². The van der Waals surface area contributed by atoms with E-state index in [1.807, 2.05) is 26.8 Å². The van der Waals surface area contributed by atoms with Crippen LogP contribution in [-0.2, 0) is 4.84 Å². The van der Waals surface area contributed by atoms with Crippen molar-refractivity contribution in [1.29, 1.82) is 0 Å². The van der Waals surface area contributed by atoms with E-state index in [0.29, 0.717) is 16.5 Å². The Morgan fingerprint density at radius 1 is 1.22 bits per heavy atom. The van der Waals surface area contributed by atoms with Gasteiger partial charge in [0.15, 0.2) is 0 Å². The molecule has 2 aromatic rings. The number of aromatic nitrogens is 1. The molecule has 144 valence electrons. The second-order valence-corrected chi connectivity index (χ2v) is 7.34. The van der Waals surface area contributed by atoms with Gasteiger partial charge in [-0.3, -0.25) is 14.6 Å². The number of aliphatic imine (C=N–C) groups is 1. The first-order chi connectivity index (χ1) is 12.8. The number of guanidine groups is 1. The third kappa shape index (κ3) is 6.54. The first-order valence-corrected chi connectivity index (χ1v) is 8.77. The molecule has 0 bridgehead atoms. The lowest BCUT2D eigenvalue weighted by Crippen LogP contribution is -2.45. The molecular weight excluding hydrogens is 366 g/mol. The summed E-state index contributed by atoms with van der Waals surface area (Å²) >= 11 is 5.89. The number of benzene rings is 1. The smallest absolute Gasteiger partial charge is 0.252 e. The number of rotatable bonds is 5. The molecule has 8 heteroatoms. The molecule has 2 rings (SSSR count). The van der Waals surface area contributed by atoms with Crippen LogP contribution < -0.4 is 16.1 Å². The van der Waals surface area contributed by atoms with Crippen LogP contribution in [0.25, 0.3) is 0 Å². The normalized spacial score (nSPS) is 13.0. The fourth-order valence-electron chi connectivity index (χ4n) is 2.13. The molecule has 0 aliphatic carbocycles. The van der Waals surface area contributed by atoms with Gasteiger partial charge in [-0.15, -0.1) is 0 Å². The predicted octanol–water partition coefficient (Wildman–Crippen LogP) is 3.46. The largest absolute Gasteiger partial charge is 0.330 e. The number of carbonyl (C=O) groups excluding carboxylic acids is 1. The Morgan fingerprint density at radius 3 is 2.48 bits per heavy atom. The Hall–Kier alpha value is -2.64. The van der Waals surface area contributed by atoms with Gasteiger partial charge in [-0.05, 0) is 36.4 Å². The van der Waals surface area contributed by atoms with E-state index in [4.69, 9.17) is 16.4 Å². The summed E-state index contributed by atoms with van der Waals surface area (Å²) in [6.45, 7) is 5.95. The fraction of sp³-hybridized carbons (Fsp3) is 0.316. The molecule has 1 aromatic carbocycles. The van der Waals surface area contributed by atoms with E-state index in [1.165, 1.54) is 7.11 Å². The van der Waals surface area contributed by atoms with Crippen molar-refractivity contribution >= 4 is 29.2 Å². The maximum Gasteiger partial charge on any atom is 0.252 e. The molecule has 0 spiro atoms. The summed E-state index contributed by atoms with van der Waals surface area (Å²) in [5, 5.41) is 6.61. The van der Waals surface area contributed by atoms with Gasteiger partial charge in [-0.25, -0.2) is 10.5 Å². The molecule has 1 aromatic heterocycles. The molecule has 1 heterocycles. The summed E-state index contributed by atoms with van der Waals surface area (Å²) in [7, 11) is 1.48. The molecule has 0 saturated heterocycles. The van der Waals surface area contributed by atoms with Crippen LogP contribution in [-0.4, -0.2) is 30.1 Å². The molecule has 3 N–H and O–H groups in total. The quantitative estimate of drug-likeness (QED) is 0.414. The van der Waals surface area contributed by atoms with Gasteiger partial charge in [-0.1, -0.05) is 32.4 Å². The lowest BCUT2D eigenvalue weighted by Gasteiger charge is -2.29. The number of hydrogen-bond acceptors (Lipinski definition) is 4. The van der Waals surface area contributed by atoms with Gasteiger partial charge in [0.05, 0.1) is 19.0 Å². The van der Waals surface area contributed by atoms with Crippen LogP contribution in [0.15, 0.2) is 53.8 Å². The van der Waals surface area contributed by atoms with Crippen molar-refractivity contribution in [2.24, 2.45) is 10.4 Å². The summed E-state index contributed by atoms with van der Waals surface area (Å²) < 4.78 is 0.